The van der Waals surface area contributed by atoms with Gasteiger partial charge in [0.05, 0.1) is 18.4 Å². The fourth-order valence-corrected chi connectivity index (χ4v) is 4.18. The highest BCUT2D eigenvalue weighted by molar-refractivity contribution is 5.72. The second-order valence-corrected chi connectivity index (χ2v) is 7.22. The molecule has 0 aromatic heterocycles. The minimum atomic E-state index is 0.444. The van der Waals surface area contributed by atoms with Gasteiger partial charge in [-0.3, -0.25) is 0 Å². The average molecular weight is 342 g/mol. The molecule has 2 aliphatic rings. The Kier molecular flexibility index (Phi) is 6.17. The number of nitrogens with zero attached hydrogens (tertiary/aromatic N) is 2. The molecule has 5 heteroatoms. The lowest BCUT2D eigenvalue weighted by atomic mass is 9.90. The van der Waals surface area contributed by atoms with Crippen LogP contribution >= 0.6 is 0 Å². The first kappa shape index (κ1) is 18.0. The molecule has 136 valence electrons. The van der Waals surface area contributed by atoms with Crippen LogP contribution in [0.15, 0.2) is 18.2 Å². The first-order valence-electron chi connectivity index (χ1n) is 9.58. The van der Waals surface area contributed by atoms with Gasteiger partial charge in [0.1, 0.15) is 0 Å². The second-order valence-electron chi connectivity index (χ2n) is 7.22. The van der Waals surface area contributed by atoms with E-state index >= 15 is 0 Å². The molecular weight excluding hydrogens is 312 g/mol. The fraction of sp³-hybridized carbons (Fsp3) is 0.650. The van der Waals surface area contributed by atoms with Crippen LogP contribution in [0, 0.1) is 6.57 Å². The molecule has 2 fully saturated rings. The van der Waals surface area contributed by atoms with Gasteiger partial charge < -0.3 is 20.7 Å². The van der Waals surface area contributed by atoms with Crippen molar-refractivity contribution in [3.05, 3.63) is 29.6 Å². The first-order valence-corrected chi connectivity index (χ1v) is 9.58. The van der Waals surface area contributed by atoms with E-state index in [-0.39, 0.29) is 0 Å². The number of ether oxygens (including phenoxy) is 1. The molecule has 0 unspecified atom stereocenters. The normalized spacial score (nSPS) is 25.4. The van der Waals surface area contributed by atoms with E-state index in [1.807, 2.05) is 12.1 Å². The molecule has 1 aliphatic carbocycles. The molecule has 25 heavy (non-hydrogen) atoms. The Balaban J connectivity index is 1.47. The Bertz CT molecular complexity index is 596. The van der Waals surface area contributed by atoms with E-state index in [1.54, 1.807) is 6.07 Å². The molecule has 5 nitrogen and oxygen atoms in total. The van der Waals surface area contributed by atoms with Gasteiger partial charge in [-0.2, -0.15) is 0 Å². The van der Waals surface area contributed by atoms with Crippen LogP contribution in [0.4, 0.5) is 17.1 Å². The van der Waals surface area contributed by atoms with Crippen LogP contribution in [0.3, 0.4) is 0 Å². The lowest BCUT2D eigenvalue weighted by molar-refractivity contribution is 0.00994. The number of nitrogens with one attached hydrogen (secondary N) is 1. The summed E-state index contributed by atoms with van der Waals surface area (Å²) < 4.78 is 5.77. The highest BCUT2D eigenvalue weighted by atomic mass is 16.5. The van der Waals surface area contributed by atoms with E-state index in [4.69, 9.17) is 17.0 Å². The number of benzene rings is 1. The van der Waals surface area contributed by atoms with Crippen molar-refractivity contribution in [2.75, 3.05) is 30.7 Å². The average Bonchev–Trinajstić information content (AvgIpc) is 2.65. The van der Waals surface area contributed by atoms with Gasteiger partial charge in [0.25, 0.3) is 0 Å². The largest absolute Gasteiger partial charge is 0.397 e. The maximum atomic E-state index is 7.15. The van der Waals surface area contributed by atoms with Crippen LogP contribution in [0.25, 0.3) is 4.85 Å². The van der Waals surface area contributed by atoms with E-state index < -0.39 is 0 Å². The predicted octanol–water partition coefficient (Wildman–Crippen LogP) is 4.04. The topological polar surface area (TPSA) is 54.9 Å². The zero-order valence-electron chi connectivity index (χ0n) is 15.2. The summed E-state index contributed by atoms with van der Waals surface area (Å²) in [6.45, 7) is 12.4. The van der Waals surface area contributed by atoms with Crippen molar-refractivity contribution in [1.82, 2.24) is 4.90 Å². The van der Waals surface area contributed by atoms with Crippen molar-refractivity contribution in [2.45, 2.75) is 63.6 Å². The Morgan fingerprint density at radius 2 is 1.92 bits per heavy atom. The Morgan fingerprint density at radius 1 is 1.20 bits per heavy atom. The van der Waals surface area contributed by atoms with Crippen molar-refractivity contribution >= 4 is 17.1 Å². The summed E-state index contributed by atoms with van der Waals surface area (Å²) in [5, 5.41) is 3.56. The number of hydrogen-bond acceptors (Lipinski definition) is 4. The first-order chi connectivity index (χ1) is 12.2. The number of rotatable bonds is 5. The maximum Gasteiger partial charge on any atom is 0.189 e. The molecular formula is C20H30N4O. The number of hydrogen-bond donors (Lipinski definition) is 2. The van der Waals surface area contributed by atoms with Crippen molar-refractivity contribution in [1.29, 1.82) is 0 Å². The zero-order valence-corrected chi connectivity index (χ0v) is 15.2. The fourth-order valence-electron chi connectivity index (χ4n) is 4.18. The molecule has 0 amide bonds. The van der Waals surface area contributed by atoms with Crippen LogP contribution in [-0.2, 0) is 4.74 Å². The van der Waals surface area contributed by atoms with Crippen LogP contribution in [0.2, 0.25) is 0 Å². The molecule has 0 spiro atoms. The second kappa shape index (κ2) is 8.55. The Morgan fingerprint density at radius 3 is 2.56 bits per heavy atom. The summed E-state index contributed by atoms with van der Waals surface area (Å²) in [5.74, 6) is 0. The monoisotopic (exact) mass is 342 g/mol. The van der Waals surface area contributed by atoms with Crippen molar-refractivity contribution < 1.29 is 4.74 Å². The third-order valence-corrected chi connectivity index (χ3v) is 5.62. The van der Waals surface area contributed by atoms with E-state index in [0.717, 1.165) is 50.0 Å². The molecule has 3 N–H and O–H groups in total. The molecule has 1 aliphatic heterocycles. The maximum absolute atomic E-state index is 7.15. The van der Waals surface area contributed by atoms with Crippen LogP contribution in [0.5, 0.6) is 0 Å². The summed E-state index contributed by atoms with van der Waals surface area (Å²) in [4.78, 5) is 6.16. The lowest BCUT2D eigenvalue weighted by Crippen LogP contribution is -2.46. The molecule has 1 aromatic rings. The van der Waals surface area contributed by atoms with Crippen LogP contribution in [0.1, 0.15) is 45.4 Å². The minimum Gasteiger partial charge on any atom is -0.397 e. The van der Waals surface area contributed by atoms with E-state index in [2.05, 4.69) is 22.0 Å². The van der Waals surface area contributed by atoms with Gasteiger partial charge in [-0.25, -0.2) is 4.85 Å². The highest BCUT2D eigenvalue weighted by Crippen LogP contribution is 2.30. The van der Waals surface area contributed by atoms with Crippen molar-refractivity contribution in [3.8, 4) is 0 Å². The lowest BCUT2D eigenvalue weighted by Gasteiger charge is -2.41. The van der Waals surface area contributed by atoms with Gasteiger partial charge in [-0.1, -0.05) is 6.07 Å². The minimum absolute atomic E-state index is 0.444. The smallest absolute Gasteiger partial charge is 0.189 e. The molecule has 1 heterocycles. The molecule has 0 radical (unpaired) electrons. The number of likely N-dealkylation sites (tertiary alicyclic amines) is 1. The van der Waals surface area contributed by atoms with Gasteiger partial charge >= 0.3 is 0 Å². The van der Waals surface area contributed by atoms with E-state index in [1.165, 1.54) is 25.7 Å². The third-order valence-electron chi connectivity index (χ3n) is 5.62. The van der Waals surface area contributed by atoms with Crippen molar-refractivity contribution in [3.63, 3.8) is 0 Å². The third kappa shape index (κ3) is 4.65. The predicted molar refractivity (Wildman–Crippen MR) is 103 cm³/mol. The summed E-state index contributed by atoms with van der Waals surface area (Å²) in [7, 11) is 0. The molecule has 3 rings (SSSR count). The number of piperidine rings is 1. The van der Waals surface area contributed by atoms with E-state index in [0.29, 0.717) is 17.8 Å². The number of nitrogen functional groups attached to an aromatic ring is 1. The Hall–Kier alpha value is -1.77. The molecule has 1 saturated carbocycles. The van der Waals surface area contributed by atoms with Gasteiger partial charge in [0.2, 0.25) is 0 Å². The summed E-state index contributed by atoms with van der Waals surface area (Å²) in [6, 6.07) is 6.63. The van der Waals surface area contributed by atoms with Gasteiger partial charge in [-0.05, 0) is 57.6 Å². The molecule has 1 aromatic carbocycles. The quantitative estimate of drug-likeness (QED) is 0.626. The van der Waals surface area contributed by atoms with E-state index in [9.17, 15) is 0 Å². The van der Waals surface area contributed by atoms with Crippen LogP contribution < -0.4 is 11.1 Å². The summed E-state index contributed by atoms with van der Waals surface area (Å²) >= 11 is 0. The van der Waals surface area contributed by atoms with Gasteiger partial charge in [-0.15, -0.1) is 0 Å². The number of nitrogens with two attached hydrogens (primary N) is 1. The van der Waals surface area contributed by atoms with Crippen LogP contribution in [-0.4, -0.2) is 42.8 Å². The molecule has 0 atom stereocenters. The molecule has 0 bridgehead atoms. The highest BCUT2D eigenvalue weighted by Gasteiger charge is 2.29. The Labute approximate surface area is 151 Å². The van der Waals surface area contributed by atoms with Crippen molar-refractivity contribution in [2.24, 2.45) is 0 Å². The summed E-state index contributed by atoms with van der Waals surface area (Å²) in [5.41, 5.74) is 8.33. The number of anilines is 2. The SMILES string of the molecule is [C-]#[N+]c1ccc(N)c(NC2CCN(C3CCC(OCC)CC3)CC2)c1. The zero-order chi connectivity index (χ0) is 17.6. The standard InChI is InChI=1S/C20H30N4O/c1-3-25-18-7-5-17(6-8-18)24-12-10-15(11-13-24)23-20-14-16(22-2)4-9-19(20)21/h4,9,14-15,17-18,23H,3,5-8,10-13,21H2,1H3. The summed E-state index contributed by atoms with van der Waals surface area (Å²) in [6.07, 6.45) is 7.69. The molecule has 1 saturated heterocycles. The van der Waals surface area contributed by atoms with Gasteiger partial charge in [0.15, 0.2) is 5.69 Å². The van der Waals surface area contributed by atoms with Gasteiger partial charge in [0, 0.05) is 37.5 Å².